The van der Waals surface area contributed by atoms with Crippen LogP contribution in [0.2, 0.25) is 0 Å². The number of ketones is 2. The summed E-state index contributed by atoms with van der Waals surface area (Å²) in [6.45, 7) is 9.10. The lowest BCUT2D eigenvalue weighted by molar-refractivity contribution is -0.147. The molecule has 210 valence electrons. The van der Waals surface area contributed by atoms with Crippen LogP contribution in [0.1, 0.15) is 54.8 Å². The molecule has 0 atom stereocenters. The Labute approximate surface area is 227 Å². The average molecular weight is 543 g/mol. The van der Waals surface area contributed by atoms with E-state index in [4.69, 9.17) is 18.9 Å². The Bertz CT molecular complexity index is 1170. The summed E-state index contributed by atoms with van der Waals surface area (Å²) >= 11 is 0. The molecule has 0 aliphatic rings. The number of benzene rings is 2. The number of esters is 2. The molecule has 2 rings (SSSR count). The third-order valence-electron chi connectivity index (χ3n) is 5.19. The van der Waals surface area contributed by atoms with Gasteiger partial charge in [0.2, 0.25) is 0 Å². The van der Waals surface area contributed by atoms with Crippen LogP contribution in [0, 0.1) is 0 Å². The molecule has 0 radical (unpaired) electrons. The van der Waals surface area contributed by atoms with Gasteiger partial charge in [-0.15, -0.1) is 0 Å². The number of carbonyl (C=O) groups is 4. The van der Waals surface area contributed by atoms with Gasteiger partial charge in [0.25, 0.3) is 0 Å². The van der Waals surface area contributed by atoms with Crippen molar-refractivity contribution < 1.29 is 48.3 Å². The summed E-state index contributed by atoms with van der Waals surface area (Å²) in [5, 5.41) is 19.6. The largest absolute Gasteiger partial charge is 0.490 e. The molecule has 0 spiro atoms. The molecule has 0 unspecified atom stereocenters. The minimum atomic E-state index is -1.48. The van der Waals surface area contributed by atoms with Crippen molar-refractivity contribution in [1.82, 2.24) is 0 Å². The quantitative estimate of drug-likeness (QED) is 0.149. The fraction of sp³-hybridized carbons (Fsp3) is 0.379. The zero-order valence-electron chi connectivity index (χ0n) is 22.5. The van der Waals surface area contributed by atoms with Gasteiger partial charge >= 0.3 is 11.9 Å². The number of carbonyl (C=O) groups excluding carboxylic acids is 4. The minimum Gasteiger partial charge on any atom is -0.490 e. The average Bonchev–Trinajstić information content (AvgIpc) is 2.87. The molecular weight excluding hydrogens is 508 g/mol. The fourth-order valence-corrected chi connectivity index (χ4v) is 3.12. The maximum absolute atomic E-state index is 12.0. The minimum absolute atomic E-state index is 0.0342. The highest BCUT2D eigenvalue weighted by molar-refractivity contribution is 6.02. The SMILES string of the molecule is C=C(CC(=O)OCCOc1ccc(C(=O)C(C)(C)O)cc1)C(=O)OCCOc1ccc(C(=O)C(C)(C)O)cc1. The van der Waals surface area contributed by atoms with Gasteiger partial charge in [-0.1, -0.05) is 6.58 Å². The van der Waals surface area contributed by atoms with Crippen LogP contribution in [0.4, 0.5) is 0 Å². The first-order chi connectivity index (χ1) is 18.2. The van der Waals surface area contributed by atoms with Gasteiger partial charge in [-0.05, 0) is 76.2 Å². The lowest BCUT2D eigenvalue weighted by atomic mass is 9.97. The molecule has 0 fully saturated rings. The van der Waals surface area contributed by atoms with E-state index in [0.29, 0.717) is 22.6 Å². The smallest absolute Gasteiger partial charge is 0.334 e. The molecule has 2 N–H and O–H groups in total. The number of aliphatic hydroxyl groups is 2. The lowest BCUT2D eigenvalue weighted by Crippen LogP contribution is -2.31. The Balaban J connectivity index is 1.63. The van der Waals surface area contributed by atoms with E-state index in [1.165, 1.54) is 52.0 Å². The fourth-order valence-electron chi connectivity index (χ4n) is 3.12. The van der Waals surface area contributed by atoms with E-state index in [1.54, 1.807) is 24.3 Å². The predicted octanol–water partition coefficient (Wildman–Crippen LogP) is 3.08. The van der Waals surface area contributed by atoms with Crippen LogP contribution in [0.3, 0.4) is 0 Å². The highest BCUT2D eigenvalue weighted by Gasteiger charge is 2.26. The van der Waals surface area contributed by atoms with Crippen molar-refractivity contribution in [2.75, 3.05) is 26.4 Å². The van der Waals surface area contributed by atoms with Crippen molar-refractivity contribution in [3.8, 4) is 11.5 Å². The molecular formula is C29H34O10. The van der Waals surface area contributed by atoms with E-state index in [0.717, 1.165) is 0 Å². The Morgan fingerprint density at radius 2 is 1.05 bits per heavy atom. The number of hydrogen-bond donors (Lipinski definition) is 2. The number of hydrogen-bond acceptors (Lipinski definition) is 10. The Morgan fingerprint density at radius 1 is 0.667 bits per heavy atom. The second-order valence-corrected chi connectivity index (χ2v) is 9.66. The van der Waals surface area contributed by atoms with Gasteiger partial charge in [0.05, 0.1) is 6.42 Å². The van der Waals surface area contributed by atoms with Crippen LogP contribution >= 0.6 is 0 Å². The van der Waals surface area contributed by atoms with Crippen molar-refractivity contribution in [3.05, 3.63) is 71.8 Å². The summed E-state index contributed by atoms with van der Waals surface area (Å²) in [5.74, 6) is -1.38. The van der Waals surface area contributed by atoms with Crippen LogP contribution in [-0.4, -0.2) is 71.3 Å². The molecule has 0 bridgehead atoms. The van der Waals surface area contributed by atoms with E-state index in [9.17, 15) is 29.4 Å². The maximum Gasteiger partial charge on any atom is 0.334 e. The molecule has 10 heteroatoms. The van der Waals surface area contributed by atoms with Gasteiger partial charge in [0, 0.05) is 16.7 Å². The van der Waals surface area contributed by atoms with Gasteiger partial charge in [-0.2, -0.15) is 0 Å². The molecule has 0 amide bonds. The van der Waals surface area contributed by atoms with E-state index < -0.39 is 34.7 Å². The van der Waals surface area contributed by atoms with Crippen molar-refractivity contribution >= 4 is 23.5 Å². The van der Waals surface area contributed by atoms with Gasteiger partial charge in [0.15, 0.2) is 11.6 Å². The zero-order valence-corrected chi connectivity index (χ0v) is 22.5. The third kappa shape index (κ3) is 10.3. The van der Waals surface area contributed by atoms with Crippen molar-refractivity contribution in [1.29, 1.82) is 0 Å². The predicted molar refractivity (Wildman–Crippen MR) is 141 cm³/mol. The lowest BCUT2D eigenvalue weighted by Gasteiger charge is -2.15. The number of ether oxygens (including phenoxy) is 4. The van der Waals surface area contributed by atoms with E-state index in [1.807, 2.05) is 0 Å². The standard InChI is InChI=1S/C29H34O10/c1-19(27(33)39-17-15-37-23-12-8-21(9-13-23)26(32)29(4,5)35)18-24(30)38-16-14-36-22-10-6-20(7-11-22)25(31)28(2,3)34/h6-13,34-35H,1,14-18H2,2-5H3. The Hall–Kier alpha value is -4.02. The van der Waals surface area contributed by atoms with Gasteiger partial charge in [-0.3, -0.25) is 14.4 Å². The number of rotatable bonds is 15. The first kappa shape index (κ1) is 31.2. The molecule has 39 heavy (non-hydrogen) atoms. The molecule has 0 heterocycles. The Kier molecular flexibility index (Phi) is 10.9. The third-order valence-corrected chi connectivity index (χ3v) is 5.19. The van der Waals surface area contributed by atoms with Gasteiger partial charge in [0.1, 0.15) is 49.1 Å². The van der Waals surface area contributed by atoms with Crippen LogP contribution in [0.25, 0.3) is 0 Å². The van der Waals surface area contributed by atoms with Crippen molar-refractivity contribution in [2.45, 2.75) is 45.3 Å². The summed E-state index contributed by atoms with van der Waals surface area (Å²) in [4.78, 5) is 48.1. The van der Waals surface area contributed by atoms with E-state index in [2.05, 4.69) is 6.58 Å². The summed E-state index contributed by atoms with van der Waals surface area (Å²) in [6, 6.07) is 12.4. The van der Waals surface area contributed by atoms with Crippen LogP contribution in [0.5, 0.6) is 11.5 Å². The topological polar surface area (TPSA) is 146 Å². The highest BCUT2D eigenvalue weighted by Crippen LogP contribution is 2.18. The summed E-state index contributed by atoms with van der Waals surface area (Å²) in [5.41, 5.74) is -2.35. The summed E-state index contributed by atoms with van der Waals surface area (Å²) in [6.07, 6.45) is -0.357. The summed E-state index contributed by atoms with van der Waals surface area (Å²) in [7, 11) is 0. The highest BCUT2D eigenvalue weighted by atomic mass is 16.6. The van der Waals surface area contributed by atoms with Gasteiger partial charge < -0.3 is 29.2 Å². The van der Waals surface area contributed by atoms with Crippen molar-refractivity contribution in [3.63, 3.8) is 0 Å². The monoisotopic (exact) mass is 542 g/mol. The molecule has 0 aliphatic carbocycles. The molecule has 0 aliphatic heterocycles. The van der Waals surface area contributed by atoms with E-state index >= 15 is 0 Å². The Morgan fingerprint density at radius 3 is 1.44 bits per heavy atom. The zero-order chi connectivity index (χ0) is 29.2. The van der Waals surface area contributed by atoms with Gasteiger partial charge in [-0.25, -0.2) is 4.79 Å². The van der Waals surface area contributed by atoms with Crippen LogP contribution in [0.15, 0.2) is 60.7 Å². The first-order valence-electron chi connectivity index (χ1n) is 12.2. The molecule has 0 aromatic heterocycles. The molecule has 0 saturated heterocycles. The van der Waals surface area contributed by atoms with Crippen molar-refractivity contribution in [2.24, 2.45) is 0 Å². The maximum atomic E-state index is 12.0. The first-order valence-corrected chi connectivity index (χ1v) is 12.2. The van der Waals surface area contributed by atoms with E-state index in [-0.39, 0.29) is 38.4 Å². The molecule has 10 nitrogen and oxygen atoms in total. The van der Waals surface area contributed by atoms with Crippen LogP contribution in [-0.2, 0) is 19.1 Å². The van der Waals surface area contributed by atoms with Crippen LogP contribution < -0.4 is 9.47 Å². The molecule has 0 saturated carbocycles. The normalized spacial score (nSPS) is 11.3. The molecule has 2 aromatic rings. The second-order valence-electron chi connectivity index (χ2n) is 9.66. The number of Topliss-reactive ketones (excluding diaryl/α,β-unsaturated/α-hetero) is 2. The second kappa shape index (κ2) is 13.7. The molecule has 2 aromatic carbocycles. The summed E-state index contributed by atoms with van der Waals surface area (Å²) < 4.78 is 21.0.